The van der Waals surface area contributed by atoms with Crippen LogP contribution < -0.4 is 10.2 Å². The summed E-state index contributed by atoms with van der Waals surface area (Å²) in [5, 5.41) is 3.41. The molecule has 0 aromatic heterocycles. The van der Waals surface area contributed by atoms with Crippen molar-refractivity contribution in [3.63, 3.8) is 0 Å². The lowest BCUT2D eigenvalue weighted by molar-refractivity contribution is 0.551. The molecule has 0 aliphatic heterocycles. The van der Waals surface area contributed by atoms with E-state index in [-0.39, 0.29) is 5.82 Å². The van der Waals surface area contributed by atoms with E-state index in [1.165, 1.54) is 0 Å². The molecule has 2 nitrogen and oxygen atoms in total. The Morgan fingerprint density at radius 1 is 1.25 bits per heavy atom. The van der Waals surface area contributed by atoms with Crippen LogP contribution in [-0.2, 0) is 6.54 Å². The topological polar surface area (TPSA) is 15.3 Å². The van der Waals surface area contributed by atoms with Crippen LogP contribution in [0.3, 0.4) is 0 Å². The predicted octanol–water partition coefficient (Wildman–Crippen LogP) is 4.20. The molecule has 1 N–H and O–H groups in total. The van der Waals surface area contributed by atoms with Gasteiger partial charge >= 0.3 is 0 Å². The number of halogens is 1. The van der Waals surface area contributed by atoms with Gasteiger partial charge < -0.3 is 10.2 Å². The minimum atomic E-state index is -0.115. The highest BCUT2D eigenvalue weighted by Crippen LogP contribution is 2.21. The van der Waals surface area contributed by atoms with Crippen molar-refractivity contribution in [2.45, 2.75) is 47.1 Å². The van der Waals surface area contributed by atoms with Gasteiger partial charge in [0, 0.05) is 19.6 Å². The first-order valence-corrected chi connectivity index (χ1v) is 7.82. The molecule has 0 aliphatic rings. The zero-order chi connectivity index (χ0) is 15.0. The Morgan fingerprint density at radius 2 is 2.00 bits per heavy atom. The van der Waals surface area contributed by atoms with Crippen LogP contribution in [0.25, 0.3) is 0 Å². The van der Waals surface area contributed by atoms with Crippen molar-refractivity contribution in [3.05, 3.63) is 29.6 Å². The van der Waals surface area contributed by atoms with Gasteiger partial charge in [0.15, 0.2) is 0 Å². The second-order valence-corrected chi connectivity index (χ2v) is 5.74. The molecule has 0 amide bonds. The molecule has 0 aliphatic carbocycles. The van der Waals surface area contributed by atoms with Crippen LogP contribution >= 0.6 is 0 Å². The molecular formula is C17H29FN2. The van der Waals surface area contributed by atoms with Crippen LogP contribution in [0.2, 0.25) is 0 Å². The zero-order valence-corrected chi connectivity index (χ0v) is 13.4. The third kappa shape index (κ3) is 5.49. The summed E-state index contributed by atoms with van der Waals surface area (Å²) in [5.41, 5.74) is 1.89. The molecule has 1 aromatic rings. The molecule has 3 heteroatoms. The highest BCUT2D eigenvalue weighted by atomic mass is 19.1. The van der Waals surface area contributed by atoms with Gasteiger partial charge in [-0.15, -0.1) is 0 Å². The van der Waals surface area contributed by atoms with Gasteiger partial charge in [0.1, 0.15) is 5.82 Å². The maximum absolute atomic E-state index is 14.0. The summed E-state index contributed by atoms with van der Waals surface area (Å²) >= 11 is 0. The fourth-order valence-corrected chi connectivity index (χ4v) is 2.21. The lowest BCUT2D eigenvalue weighted by atomic mass is 10.1. The fourth-order valence-electron chi connectivity index (χ4n) is 2.21. The van der Waals surface area contributed by atoms with Gasteiger partial charge in [-0.1, -0.05) is 33.3 Å². The van der Waals surface area contributed by atoms with Gasteiger partial charge in [-0.2, -0.15) is 0 Å². The smallest absolute Gasteiger partial charge is 0.146 e. The number of anilines is 1. The number of unbranched alkanes of at least 4 members (excludes halogenated alkanes) is 1. The predicted molar refractivity (Wildman–Crippen MR) is 85.7 cm³/mol. The molecule has 0 atom stereocenters. The second kappa shape index (κ2) is 8.96. The van der Waals surface area contributed by atoms with Crippen LogP contribution in [0.4, 0.5) is 10.1 Å². The summed E-state index contributed by atoms with van der Waals surface area (Å²) in [6, 6.07) is 5.46. The number of hydrogen-bond donors (Lipinski definition) is 1. The number of benzene rings is 1. The Kier molecular flexibility index (Phi) is 7.60. The number of hydrogen-bond acceptors (Lipinski definition) is 2. The monoisotopic (exact) mass is 280 g/mol. The van der Waals surface area contributed by atoms with E-state index in [0.717, 1.165) is 50.3 Å². The average molecular weight is 280 g/mol. The molecule has 1 rings (SSSR count). The summed E-state index contributed by atoms with van der Waals surface area (Å²) in [6.45, 7) is 12.2. The lowest BCUT2D eigenvalue weighted by Crippen LogP contribution is -2.25. The molecular weight excluding hydrogens is 251 g/mol. The Bertz CT molecular complexity index is 391. The molecule has 1 aromatic carbocycles. The van der Waals surface area contributed by atoms with E-state index in [1.54, 1.807) is 6.07 Å². The van der Waals surface area contributed by atoms with Crippen molar-refractivity contribution < 1.29 is 4.39 Å². The molecule has 0 bridgehead atoms. The van der Waals surface area contributed by atoms with Crippen molar-refractivity contribution >= 4 is 5.69 Å². The Labute approximate surface area is 123 Å². The minimum Gasteiger partial charge on any atom is -0.369 e. The summed E-state index contributed by atoms with van der Waals surface area (Å²) in [5.74, 6) is 0.516. The van der Waals surface area contributed by atoms with Gasteiger partial charge in [0.05, 0.1) is 5.69 Å². The molecule has 0 spiro atoms. The molecule has 0 heterocycles. The molecule has 0 saturated carbocycles. The largest absolute Gasteiger partial charge is 0.369 e. The first kappa shape index (κ1) is 17.0. The van der Waals surface area contributed by atoms with Gasteiger partial charge in [0.25, 0.3) is 0 Å². The summed E-state index contributed by atoms with van der Waals surface area (Å²) in [7, 11) is 0. The minimum absolute atomic E-state index is 0.115. The van der Waals surface area contributed by atoms with E-state index in [9.17, 15) is 4.39 Å². The van der Waals surface area contributed by atoms with Gasteiger partial charge in [-0.05, 0) is 43.5 Å². The van der Waals surface area contributed by atoms with E-state index >= 15 is 0 Å². The van der Waals surface area contributed by atoms with E-state index in [0.29, 0.717) is 5.92 Å². The number of nitrogens with one attached hydrogen (secondary N) is 1. The highest BCUT2D eigenvalue weighted by Gasteiger charge is 2.10. The van der Waals surface area contributed by atoms with Crippen molar-refractivity contribution in [1.82, 2.24) is 5.32 Å². The first-order valence-electron chi connectivity index (χ1n) is 7.82. The normalized spacial score (nSPS) is 11.1. The van der Waals surface area contributed by atoms with Crippen LogP contribution in [-0.4, -0.2) is 19.6 Å². The third-order valence-corrected chi connectivity index (χ3v) is 3.40. The number of nitrogens with zero attached hydrogens (tertiary/aromatic N) is 1. The maximum atomic E-state index is 14.0. The van der Waals surface area contributed by atoms with E-state index in [1.807, 2.05) is 12.1 Å². The first-order chi connectivity index (χ1) is 9.58. The quantitative estimate of drug-likeness (QED) is 0.729. The summed E-state index contributed by atoms with van der Waals surface area (Å²) in [6.07, 6.45) is 2.23. The van der Waals surface area contributed by atoms with Gasteiger partial charge in [-0.3, -0.25) is 0 Å². The van der Waals surface area contributed by atoms with E-state index < -0.39 is 0 Å². The lowest BCUT2D eigenvalue weighted by Gasteiger charge is -2.24. The van der Waals surface area contributed by atoms with Crippen LogP contribution in [0.5, 0.6) is 0 Å². The Balaban J connectivity index is 2.73. The fraction of sp³-hybridized carbons (Fsp3) is 0.647. The summed E-state index contributed by atoms with van der Waals surface area (Å²) in [4.78, 5) is 2.13. The van der Waals surface area contributed by atoms with Crippen molar-refractivity contribution in [2.75, 3.05) is 24.5 Å². The molecule has 0 radical (unpaired) electrons. The Morgan fingerprint density at radius 3 is 2.60 bits per heavy atom. The SMILES string of the molecule is CCCCN(CC)c1cc(CNCC(C)C)ccc1F. The van der Waals surface area contributed by atoms with E-state index in [2.05, 4.69) is 37.9 Å². The van der Waals surface area contributed by atoms with Crippen LogP contribution in [0.1, 0.15) is 46.1 Å². The Hall–Kier alpha value is -1.09. The zero-order valence-electron chi connectivity index (χ0n) is 13.4. The van der Waals surface area contributed by atoms with Crippen molar-refractivity contribution in [3.8, 4) is 0 Å². The highest BCUT2D eigenvalue weighted by molar-refractivity contribution is 5.50. The van der Waals surface area contributed by atoms with Crippen LogP contribution in [0, 0.1) is 11.7 Å². The molecule has 114 valence electrons. The number of rotatable bonds is 9. The van der Waals surface area contributed by atoms with Gasteiger partial charge in [0.2, 0.25) is 0 Å². The summed E-state index contributed by atoms with van der Waals surface area (Å²) < 4.78 is 14.0. The molecule has 0 saturated heterocycles. The second-order valence-electron chi connectivity index (χ2n) is 5.74. The standard InChI is InChI=1S/C17H29FN2/c1-5-7-10-20(6-2)17-11-15(8-9-16(17)18)13-19-12-14(3)4/h8-9,11,14,19H,5-7,10,12-13H2,1-4H3. The molecule has 0 fully saturated rings. The van der Waals surface area contributed by atoms with Crippen molar-refractivity contribution in [1.29, 1.82) is 0 Å². The van der Waals surface area contributed by atoms with Crippen LogP contribution in [0.15, 0.2) is 18.2 Å². The van der Waals surface area contributed by atoms with Crippen molar-refractivity contribution in [2.24, 2.45) is 5.92 Å². The third-order valence-electron chi connectivity index (χ3n) is 3.40. The molecule has 0 unspecified atom stereocenters. The van der Waals surface area contributed by atoms with E-state index in [4.69, 9.17) is 0 Å². The van der Waals surface area contributed by atoms with Gasteiger partial charge in [-0.25, -0.2) is 4.39 Å². The molecule has 20 heavy (non-hydrogen) atoms. The average Bonchev–Trinajstić information content (AvgIpc) is 2.42. The maximum Gasteiger partial charge on any atom is 0.146 e.